The van der Waals surface area contributed by atoms with Crippen LogP contribution in [-0.2, 0) is 6.54 Å². The second kappa shape index (κ2) is 12.6. The lowest BCUT2D eigenvalue weighted by atomic mass is 9.94. The Bertz CT molecular complexity index is 912. The summed E-state index contributed by atoms with van der Waals surface area (Å²) in [7, 11) is 0. The number of hydrogen-bond donors (Lipinski definition) is 0. The van der Waals surface area contributed by atoms with E-state index >= 15 is 0 Å². The van der Waals surface area contributed by atoms with Gasteiger partial charge in [0.25, 0.3) is 0 Å². The van der Waals surface area contributed by atoms with E-state index in [0.717, 1.165) is 47.9 Å². The zero-order valence-electron chi connectivity index (χ0n) is 18.7. The number of rotatable bonds is 14. The number of halogens is 3. The van der Waals surface area contributed by atoms with Gasteiger partial charge in [-0.2, -0.15) is 19.4 Å². The average Bonchev–Trinajstić information content (AvgIpc) is 3.36. The first-order chi connectivity index (χ1) is 15.0. The molecule has 0 aliphatic heterocycles. The molecule has 0 aliphatic carbocycles. The fourth-order valence-corrected chi connectivity index (χ4v) is 6.54. The first-order valence-electron chi connectivity index (χ1n) is 11.9. The molecule has 0 fully saturated rings. The molecule has 0 N–H and O–H groups in total. The number of fused-ring (bicyclic) bond motifs is 2. The van der Waals surface area contributed by atoms with Gasteiger partial charge in [-0.15, -0.1) is 11.3 Å². The molecule has 172 valence electrons. The average molecular weight is 575 g/mol. The van der Waals surface area contributed by atoms with E-state index in [1.807, 2.05) is 4.80 Å². The number of unbranched alkanes of at least 4 members (excludes halogenated alkanes) is 8. The van der Waals surface area contributed by atoms with Crippen LogP contribution in [0.3, 0.4) is 0 Å². The van der Waals surface area contributed by atoms with Gasteiger partial charge in [-0.3, -0.25) is 0 Å². The monoisotopic (exact) mass is 573 g/mol. The Labute approximate surface area is 206 Å². The molecule has 3 nitrogen and oxygen atoms in total. The molecule has 0 saturated carbocycles. The van der Waals surface area contributed by atoms with Gasteiger partial charge in [0, 0.05) is 5.39 Å². The number of aromatic nitrogens is 3. The van der Waals surface area contributed by atoms with Crippen molar-refractivity contribution in [2.45, 2.75) is 97.4 Å². The summed E-state index contributed by atoms with van der Waals surface area (Å²) in [6, 6.07) is 1.57. The molecule has 0 radical (unpaired) electrons. The number of hydrogen-bond acceptors (Lipinski definition) is 3. The molecule has 1 unspecified atom stereocenters. The molecule has 0 bridgehead atoms. The molecule has 0 aliphatic rings. The van der Waals surface area contributed by atoms with Crippen molar-refractivity contribution in [3.8, 4) is 0 Å². The zero-order chi connectivity index (χ0) is 22.2. The number of nitrogens with zero attached hydrogens (tertiary/aromatic N) is 3. The van der Waals surface area contributed by atoms with E-state index in [9.17, 15) is 4.39 Å². The van der Waals surface area contributed by atoms with E-state index < -0.39 is 0 Å². The Kier molecular flexibility index (Phi) is 10.2. The van der Waals surface area contributed by atoms with Crippen molar-refractivity contribution in [3.63, 3.8) is 0 Å². The number of benzene rings is 1. The lowest BCUT2D eigenvalue weighted by Crippen LogP contribution is -2.13. The Morgan fingerprint density at radius 2 is 1.42 bits per heavy atom. The summed E-state index contributed by atoms with van der Waals surface area (Å²) in [6.07, 6.45) is 15.7. The van der Waals surface area contributed by atoms with Gasteiger partial charge in [-0.25, -0.2) is 0 Å². The quantitative estimate of drug-likeness (QED) is 0.179. The van der Waals surface area contributed by atoms with Gasteiger partial charge < -0.3 is 0 Å². The van der Waals surface area contributed by atoms with E-state index in [1.165, 1.54) is 77.0 Å². The standard InChI is InChI=1S/C24H34Br2FN3S/c1-3-5-7-9-10-12-14-17(13-11-8-6-4-2)16-30-28-22-20(25)18-15-19(27)31-24(18)21(26)23(22)29-30/h15,17H,3-14,16H2,1-2H3. The van der Waals surface area contributed by atoms with Gasteiger partial charge in [0.05, 0.1) is 20.2 Å². The highest BCUT2D eigenvalue weighted by atomic mass is 79.9. The Morgan fingerprint density at radius 1 is 0.871 bits per heavy atom. The topological polar surface area (TPSA) is 30.7 Å². The minimum absolute atomic E-state index is 0.192. The molecular formula is C24H34Br2FN3S. The van der Waals surface area contributed by atoms with Crippen LogP contribution in [0.15, 0.2) is 15.0 Å². The minimum atomic E-state index is -0.192. The van der Waals surface area contributed by atoms with Crippen molar-refractivity contribution in [1.29, 1.82) is 0 Å². The van der Waals surface area contributed by atoms with E-state index in [2.05, 4.69) is 45.7 Å². The molecular weight excluding hydrogens is 541 g/mol. The predicted molar refractivity (Wildman–Crippen MR) is 139 cm³/mol. The molecule has 2 heterocycles. The molecule has 1 atom stereocenters. The summed E-state index contributed by atoms with van der Waals surface area (Å²) in [6.45, 7) is 5.39. The minimum Gasteiger partial charge on any atom is -0.195 e. The Balaban J connectivity index is 1.71. The fourth-order valence-electron chi connectivity index (χ4n) is 4.28. The third-order valence-electron chi connectivity index (χ3n) is 6.06. The second-order valence-electron chi connectivity index (χ2n) is 8.65. The first kappa shape index (κ1) is 25.1. The molecule has 3 aromatic rings. The van der Waals surface area contributed by atoms with Crippen LogP contribution in [-0.4, -0.2) is 15.0 Å². The normalized spacial score (nSPS) is 12.9. The maximum Gasteiger partial charge on any atom is 0.177 e. The van der Waals surface area contributed by atoms with Crippen LogP contribution in [0.4, 0.5) is 4.39 Å². The first-order valence-corrected chi connectivity index (χ1v) is 14.3. The highest BCUT2D eigenvalue weighted by Gasteiger charge is 2.20. The third-order valence-corrected chi connectivity index (χ3v) is 8.84. The molecule has 0 amide bonds. The van der Waals surface area contributed by atoms with Crippen LogP contribution in [0.1, 0.15) is 90.9 Å². The highest BCUT2D eigenvalue weighted by molar-refractivity contribution is 9.11. The second-order valence-corrected chi connectivity index (χ2v) is 11.2. The van der Waals surface area contributed by atoms with E-state index in [4.69, 9.17) is 10.2 Å². The van der Waals surface area contributed by atoms with Crippen LogP contribution in [0, 0.1) is 11.0 Å². The molecule has 0 spiro atoms. The summed E-state index contributed by atoms with van der Waals surface area (Å²) >= 11 is 8.44. The summed E-state index contributed by atoms with van der Waals surface area (Å²) in [5.74, 6) is 0.612. The van der Waals surface area contributed by atoms with Crippen LogP contribution in [0.25, 0.3) is 21.1 Å². The van der Waals surface area contributed by atoms with Gasteiger partial charge in [0.1, 0.15) is 11.0 Å². The van der Waals surface area contributed by atoms with Gasteiger partial charge in [0.15, 0.2) is 5.13 Å². The molecule has 7 heteroatoms. The van der Waals surface area contributed by atoms with Crippen molar-refractivity contribution in [3.05, 3.63) is 20.1 Å². The van der Waals surface area contributed by atoms with E-state index in [0.29, 0.717) is 5.92 Å². The summed E-state index contributed by atoms with van der Waals surface area (Å²) < 4.78 is 16.4. The Hall–Kier alpha value is -0.530. The van der Waals surface area contributed by atoms with Gasteiger partial charge in [-0.1, -0.05) is 78.1 Å². The predicted octanol–water partition coefficient (Wildman–Crippen LogP) is 9.65. The summed E-state index contributed by atoms with van der Waals surface area (Å²) in [5.41, 5.74) is 1.62. The number of thiophene rings is 1. The zero-order valence-corrected chi connectivity index (χ0v) is 22.7. The lowest BCUT2D eigenvalue weighted by Gasteiger charge is -2.16. The summed E-state index contributed by atoms with van der Waals surface area (Å²) in [4.78, 5) is 1.88. The highest BCUT2D eigenvalue weighted by Crippen LogP contribution is 2.41. The molecule has 3 rings (SSSR count). The van der Waals surface area contributed by atoms with Gasteiger partial charge in [-0.05, 0) is 56.7 Å². The van der Waals surface area contributed by atoms with E-state index in [-0.39, 0.29) is 5.13 Å². The summed E-state index contributed by atoms with van der Waals surface area (Å²) in [5, 5.41) is 10.3. The maximum absolute atomic E-state index is 13.8. The maximum atomic E-state index is 13.8. The SMILES string of the molecule is CCCCCCCCC(CCCCCC)Cn1nc2c(Br)c3cc(F)sc3c(Br)c2n1. The van der Waals surface area contributed by atoms with Crippen molar-refractivity contribution in [1.82, 2.24) is 15.0 Å². The molecule has 1 aromatic carbocycles. The smallest absolute Gasteiger partial charge is 0.177 e. The van der Waals surface area contributed by atoms with Gasteiger partial charge >= 0.3 is 0 Å². The fraction of sp³-hybridized carbons (Fsp3) is 0.667. The van der Waals surface area contributed by atoms with Crippen molar-refractivity contribution < 1.29 is 4.39 Å². The Morgan fingerprint density at radius 3 is 2.06 bits per heavy atom. The van der Waals surface area contributed by atoms with Crippen LogP contribution < -0.4 is 0 Å². The van der Waals surface area contributed by atoms with Crippen LogP contribution in [0.5, 0.6) is 0 Å². The van der Waals surface area contributed by atoms with Gasteiger partial charge in [0.2, 0.25) is 0 Å². The van der Waals surface area contributed by atoms with Crippen molar-refractivity contribution >= 4 is 64.3 Å². The van der Waals surface area contributed by atoms with E-state index in [1.54, 1.807) is 6.07 Å². The van der Waals surface area contributed by atoms with Crippen molar-refractivity contribution in [2.75, 3.05) is 0 Å². The molecule has 31 heavy (non-hydrogen) atoms. The molecule has 2 aromatic heterocycles. The largest absolute Gasteiger partial charge is 0.195 e. The van der Waals surface area contributed by atoms with Crippen LogP contribution >= 0.6 is 43.2 Å². The van der Waals surface area contributed by atoms with Crippen molar-refractivity contribution in [2.24, 2.45) is 5.92 Å². The van der Waals surface area contributed by atoms with Crippen LogP contribution in [0.2, 0.25) is 0 Å². The lowest BCUT2D eigenvalue weighted by molar-refractivity contribution is 0.327. The third kappa shape index (κ3) is 6.73. The molecule has 0 saturated heterocycles.